The van der Waals surface area contributed by atoms with Crippen LogP contribution in [0.1, 0.15) is 57.8 Å². The quantitative estimate of drug-likeness (QED) is 0.318. The summed E-state index contributed by atoms with van der Waals surface area (Å²) in [5, 5.41) is 0. The molecule has 2 aliphatic rings. The molecule has 0 saturated carbocycles. The summed E-state index contributed by atoms with van der Waals surface area (Å²) in [6.07, 6.45) is 11.9. The van der Waals surface area contributed by atoms with E-state index < -0.39 is 0 Å². The molecular formula is C16H33IN4. The van der Waals surface area contributed by atoms with Crippen molar-refractivity contribution in [2.24, 2.45) is 10.7 Å². The van der Waals surface area contributed by atoms with E-state index in [4.69, 9.17) is 5.73 Å². The van der Waals surface area contributed by atoms with Crippen molar-refractivity contribution in [1.29, 1.82) is 0 Å². The van der Waals surface area contributed by atoms with Crippen molar-refractivity contribution in [1.82, 2.24) is 9.80 Å². The molecule has 2 heterocycles. The summed E-state index contributed by atoms with van der Waals surface area (Å²) in [5.74, 6) is 0.778. The molecule has 2 aliphatic heterocycles. The van der Waals surface area contributed by atoms with Gasteiger partial charge in [0.05, 0.1) is 0 Å². The molecule has 2 rings (SSSR count). The van der Waals surface area contributed by atoms with Crippen LogP contribution in [0, 0.1) is 0 Å². The molecule has 0 aromatic rings. The van der Waals surface area contributed by atoms with Crippen LogP contribution >= 0.6 is 24.0 Å². The Morgan fingerprint density at radius 2 is 1.43 bits per heavy atom. The third-order valence-corrected chi connectivity index (χ3v) is 4.53. The summed E-state index contributed by atoms with van der Waals surface area (Å²) in [6.45, 7) is 7.03. The Morgan fingerprint density at radius 3 is 2.10 bits per heavy atom. The highest BCUT2D eigenvalue weighted by Crippen LogP contribution is 2.10. The molecule has 2 saturated heterocycles. The molecule has 0 unspecified atom stereocenters. The fraction of sp³-hybridized carbons (Fsp3) is 0.938. The van der Waals surface area contributed by atoms with Crippen LogP contribution in [0.3, 0.4) is 0 Å². The predicted molar refractivity (Wildman–Crippen MR) is 101 cm³/mol. The minimum absolute atomic E-state index is 0. The summed E-state index contributed by atoms with van der Waals surface area (Å²) in [4.78, 5) is 9.41. The first-order valence-electron chi connectivity index (χ1n) is 8.63. The van der Waals surface area contributed by atoms with E-state index in [1.165, 1.54) is 77.4 Å². The standard InChI is InChI=1S/C16H32N4.HI/c17-16(20-14-8-3-9-15-20)18-10-4-1-5-11-19-12-6-2-7-13-19;/h1-15H2,(H2,17,18);1H. The van der Waals surface area contributed by atoms with Gasteiger partial charge in [-0.15, -0.1) is 24.0 Å². The molecule has 5 heteroatoms. The van der Waals surface area contributed by atoms with Crippen LogP contribution in [0.2, 0.25) is 0 Å². The number of unbranched alkanes of at least 4 members (excludes halogenated alkanes) is 2. The monoisotopic (exact) mass is 408 g/mol. The Balaban J connectivity index is 0.00000220. The molecule has 4 nitrogen and oxygen atoms in total. The van der Waals surface area contributed by atoms with Crippen molar-refractivity contribution in [2.45, 2.75) is 57.8 Å². The zero-order valence-electron chi connectivity index (χ0n) is 13.4. The van der Waals surface area contributed by atoms with Crippen molar-refractivity contribution >= 4 is 29.9 Å². The first kappa shape index (κ1) is 19.0. The smallest absolute Gasteiger partial charge is 0.191 e. The Kier molecular flexibility index (Phi) is 10.4. The van der Waals surface area contributed by atoms with Gasteiger partial charge in [-0.3, -0.25) is 4.99 Å². The Labute approximate surface area is 147 Å². The maximum absolute atomic E-state index is 6.05. The number of rotatable bonds is 6. The second-order valence-electron chi connectivity index (χ2n) is 6.25. The van der Waals surface area contributed by atoms with E-state index in [1.807, 2.05) is 0 Å². The predicted octanol–water partition coefficient (Wildman–Crippen LogP) is 3.06. The van der Waals surface area contributed by atoms with Crippen LogP contribution in [0.25, 0.3) is 0 Å². The van der Waals surface area contributed by atoms with E-state index in [0.717, 1.165) is 25.6 Å². The van der Waals surface area contributed by atoms with E-state index in [2.05, 4.69) is 14.8 Å². The van der Waals surface area contributed by atoms with Crippen LogP contribution in [-0.2, 0) is 0 Å². The fourth-order valence-corrected chi connectivity index (χ4v) is 3.22. The fourth-order valence-electron chi connectivity index (χ4n) is 3.22. The molecule has 124 valence electrons. The molecule has 0 aromatic carbocycles. The minimum atomic E-state index is 0. The molecule has 2 N–H and O–H groups in total. The molecule has 0 atom stereocenters. The van der Waals surface area contributed by atoms with Gasteiger partial charge in [-0.2, -0.15) is 0 Å². The van der Waals surface area contributed by atoms with E-state index in [9.17, 15) is 0 Å². The van der Waals surface area contributed by atoms with Crippen molar-refractivity contribution in [3.8, 4) is 0 Å². The Hall–Kier alpha value is -0.0400. The first-order valence-corrected chi connectivity index (χ1v) is 8.63. The summed E-state index contributed by atoms with van der Waals surface area (Å²) < 4.78 is 0. The van der Waals surface area contributed by atoms with Gasteiger partial charge in [0.15, 0.2) is 5.96 Å². The molecule has 0 aliphatic carbocycles. The normalized spacial score (nSPS) is 21.1. The summed E-state index contributed by atoms with van der Waals surface area (Å²) in [6, 6.07) is 0. The highest BCUT2D eigenvalue weighted by atomic mass is 127. The van der Waals surface area contributed by atoms with Crippen LogP contribution in [0.15, 0.2) is 4.99 Å². The van der Waals surface area contributed by atoms with Gasteiger partial charge in [-0.1, -0.05) is 12.8 Å². The van der Waals surface area contributed by atoms with Crippen molar-refractivity contribution in [2.75, 3.05) is 39.3 Å². The first-order chi connectivity index (χ1) is 9.86. The lowest BCUT2D eigenvalue weighted by Crippen LogP contribution is -2.40. The average Bonchev–Trinajstić information content (AvgIpc) is 2.52. The van der Waals surface area contributed by atoms with E-state index >= 15 is 0 Å². The van der Waals surface area contributed by atoms with Crippen molar-refractivity contribution in [3.05, 3.63) is 0 Å². The highest BCUT2D eigenvalue weighted by molar-refractivity contribution is 14.0. The van der Waals surface area contributed by atoms with Gasteiger partial charge in [-0.25, -0.2) is 0 Å². The largest absolute Gasteiger partial charge is 0.370 e. The number of piperidine rings is 2. The third kappa shape index (κ3) is 7.68. The number of likely N-dealkylation sites (tertiary alicyclic amines) is 2. The van der Waals surface area contributed by atoms with E-state index in [-0.39, 0.29) is 24.0 Å². The number of guanidine groups is 1. The van der Waals surface area contributed by atoms with Gasteiger partial charge in [-0.05, 0) is 64.6 Å². The van der Waals surface area contributed by atoms with Gasteiger partial charge >= 0.3 is 0 Å². The third-order valence-electron chi connectivity index (χ3n) is 4.53. The maximum atomic E-state index is 6.05. The molecule has 0 amide bonds. The summed E-state index contributed by atoms with van der Waals surface area (Å²) >= 11 is 0. The Morgan fingerprint density at radius 1 is 0.810 bits per heavy atom. The van der Waals surface area contributed by atoms with E-state index in [0.29, 0.717) is 0 Å². The summed E-state index contributed by atoms with van der Waals surface area (Å²) in [5.41, 5.74) is 6.05. The highest BCUT2D eigenvalue weighted by Gasteiger charge is 2.11. The zero-order valence-corrected chi connectivity index (χ0v) is 15.8. The van der Waals surface area contributed by atoms with Gasteiger partial charge < -0.3 is 15.5 Å². The van der Waals surface area contributed by atoms with Crippen molar-refractivity contribution in [3.63, 3.8) is 0 Å². The second kappa shape index (κ2) is 11.5. The molecular weight excluding hydrogens is 375 g/mol. The SMILES string of the molecule is I.NC(=NCCCCCN1CCCCC1)N1CCCCC1. The topological polar surface area (TPSA) is 44.9 Å². The van der Waals surface area contributed by atoms with Crippen LogP contribution in [0.5, 0.6) is 0 Å². The van der Waals surface area contributed by atoms with Crippen LogP contribution < -0.4 is 5.73 Å². The molecule has 21 heavy (non-hydrogen) atoms. The number of aliphatic imine (C=N–C) groups is 1. The van der Waals surface area contributed by atoms with E-state index in [1.54, 1.807) is 0 Å². The lowest BCUT2D eigenvalue weighted by molar-refractivity contribution is 0.224. The maximum Gasteiger partial charge on any atom is 0.191 e. The second-order valence-corrected chi connectivity index (χ2v) is 6.25. The van der Waals surface area contributed by atoms with Gasteiger partial charge in [0.2, 0.25) is 0 Å². The van der Waals surface area contributed by atoms with Gasteiger partial charge in [0.1, 0.15) is 0 Å². The van der Waals surface area contributed by atoms with Crippen LogP contribution in [-0.4, -0.2) is 55.0 Å². The Bertz CT molecular complexity index is 284. The number of halogens is 1. The lowest BCUT2D eigenvalue weighted by Gasteiger charge is -2.27. The molecule has 0 radical (unpaired) electrons. The van der Waals surface area contributed by atoms with Crippen LogP contribution in [0.4, 0.5) is 0 Å². The number of nitrogens with zero attached hydrogens (tertiary/aromatic N) is 3. The summed E-state index contributed by atoms with van der Waals surface area (Å²) in [7, 11) is 0. The lowest BCUT2D eigenvalue weighted by atomic mass is 10.1. The molecule has 0 aromatic heterocycles. The number of nitrogens with two attached hydrogens (primary N) is 1. The zero-order chi connectivity index (χ0) is 14.0. The number of hydrogen-bond acceptors (Lipinski definition) is 2. The van der Waals surface area contributed by atoms with Crippen molar-refractivity contribution < 1.29 is 0 Å². The molecule has 2 fully saturated rings. The average molecular weight is 408 g/mol. The van der Waals surface area contributed by atoms with Gasteiger partial charge in [0, 0.05) is 19.6 Å². The number of hydrogen-bond donors (Lipinski definition) is 1. The molecule has 0 spiro atoms. The van der Waals surface area contributed by atoms with Gasteiger partial charge in [0.25, 0.3) is 0 Å². The minimum Gasteiger partial charge on any atom is -0.370 e. The molecule has 0 bridgehead atoms.